The van der Waals surface area contributed by atoms with Gasteiger partial charge < -0.3 is 14.7 Å². The Labute approximate surface area is 171 Å². The van der Waals surface area contributed by atoms with Gasteiger partial charge in [0.1, 0.15) is 27.9 Å². The van der Waals surface area contributed by atoms with Crippen LogP contribution in [0.15, 0.2) is 10.6 Å². The summed E-state index contributed by atoms with van der Waals surface area (Å²) < 4.78 is 6.77. The largest absolute Gasteiger partial charge is 0.361 e. The lowest BCUT2D eigenvalue weighted by Crippen LogP contribution is -2.37. The van der Waals surface area contributed by atoms with E-state index in [0.29, 0.717) is 39.8 Å². The zero-order valence-electron chi connectivity index (χ0n) is 17.4. The zero-order valence-corrected chi connectivity index (χ0v) is 18.1. The number of nitrogens with zero attached hydrogens (tertiary/aromatic N) is 4. The Kier molecular flexibility index (Phi) is 6.15. The number of carbonyl (C=O) groups is 1. The molecule has 28 heavy (non-hydrogen) atoms. The number of hydrogen-bond acceptors (Lipinski definition) is 5. The van der Waals surface area contributed by atoms with Crippen LogP contribution in [0.5, 0.6) is 0 Å². The molecule has 0 radical (unpaired) electrons. The summed E-state index contributed by atoms with van der Waals surface area (Å²) in [6.07, 6.45) is 2.08. The maximum atomic E-state index is 13.0. The van der Waals surface area contributed by atoms with Gasteiger partial charge in [-0.2, -0.15) is 5.10 Å². The molecule has 7 nitrogen and oxygen atoms in total. The van der Waals surface area contributed by atoms with Crippen LogP contribution in [0.3, 0.4) is 0 Å². The van der Waals surface area contributed by atoms with Crippen molar-refractivity contribution >= 4 is 17.5 Å². The summed E-state index contributed by atoms with van der Waals surface area (Å²) in [6, 6.07) is 1.87. The molecular formula is C20H30ClN5O2. The van der Waals surface area contributed by atoms with Gasteiger partial charge in [-0.25, -0.2) is 0 Å². The van der Waals surface area contributed by atoms with Gasteiger partial charge in [0, 0.05) is 31.7 Å². The number of likely N-dealkylation sites (tertiary alicyclic amines) is 1. The fourth-order valence-electron chi connectivity index (χ4n) is 3.41. The van der Waals surface area contributed by atoms with Crippen LogP contribution in [0.25, 0.3) is 11.4 Å². The van der Waals surface area contributed by atoms with Crippen molar-refractivity contribution in [3.63, 3.8) is 0 Å². The molecule has 1 N–H and O–H groups in total. The van der Waals surface area contributed by atoms with Crippen LogP contribution in [0.1, 0.15) is 56.7 Å². The quantitative estimate of drug-likeness (QED) is 0.788. The van der Waals surface area contributed by atoms with Crippen molar-refractivity contribution in [2.75, 3.05) is 19.6 Å². The van der Waals surface area contributed by atoms with Gasteiger partial charge >= 0.3 is 0 Å². The number of carbonyl (C=O) groups excluding carboxylic acids is 1. The predicted molar refractivity (Wildman–Crippen MR) is 110 cm³/mol. The Morgan fingerprint density at radius 1 is 1.43 bits per heavy atom. The Morgan fingerprint density at radius 2 is 2.18 bits per heavy atom. The summed E-state index contributed by atoms with van der Waals surface area (Å²) in [5.41, 5.74) is 1.66. The smallest absolute Gasteiger partial charge is 0.257 e. The van der Waals surface area contributed by atoms with E-state index in [4.69, 9.17) is 16.1 Å². The Morgan fingerprint density at radius 3 is 2.79 bits per heavy atom. The molecule has 3 rings (SSSR count). The molecule has 1 atom stereocenters. The monoisotopic (exact) mass is 407 g/mol. The van der Waals surface area contributed by atoms with E-state index < -0.39 is 0 Å². The number of aromatic nitrogens is 3. The molecule has 154 valence electrons. The average Bonchev–Trinajstić information content (AvgIpc) is 3.31. The SMILES string of the molecule is CCn1nc(-c2cc(C)on2)c(C(=O)NC2CCN(CCC(C)(C)C)C2)c1Cl. The standard InChI is InChI=1S/C20H30ClN5O2/c1-6-26-18(21)16(17(23-26)15-11-13(2)28-24-15)19(27)22-14-7-9-25(12-14)10-8-20(3,4)5/h11,14H,6-10,12H2,1-5H3,(H,22,27). The Balaban J connectivity index is 1.72. The Bertz CT molecular complexity index is 836. The summed E-state index contributed by atoms with van der Waals surface area (Å²) in [6.45, 7) is 14.0. The number of rotatable bonds is 6. The maximum Gasteiger partial charge on any atom is 0.257 e. The second kappa shape index (κ2) is 8.25. The summed E-state index contributed by atoms with van der Waals surface area (Å²) in [5.74, 6) is 0.455. The molecule has 0 bridgehead atoms. The molecule has 8 heteroatoms. The average molecular weight is 408 g/mol. The van der Waals surface area contributed by atoms with Gasteiger partial charge in [0.2, 0.25) is 0 Å². The second-order valence-corrected chi connectivity index (χ2v) is 9.08. The van der Waals surface area contributed by atoms with E-state index in [-0.39, 0.29) is 11.9 Å². The first kappa shape index (κ1) is 20.9. The molecule has 2 aromatic rings. The van der Waals surface area contributed by atoms with Crippen LogP contribution in [0.4, 0.5) is 0 Å². The van der Waals surface area contributed by atoms with Gasteiger partial charge in [-0.3, -0.25) is 9.48 Å². The number of halogens is 1. The van der Waals surface area contributed by atoms with Crippen molar-refractivity contribution in [3.8, 4) is 11.4 Å². The zero-order chi connectivity index (χ0) is 20.5. The van der Waals surface area contributed by atoms with E-state index in [0.717, 1.165) is 32.5 Å². The lowest BCUT2D eigenvalue weighted by molar-refractivity contribution is 0.0938. The van der Waals surface area contributed by atoms with Crippen LogP contribution in [-0.2, 0) is 6.54 Å². The molecule has 0 aliphatic carbocycles. The fourth-order valence-corrected chi connectivity index (χ4v) is 3.75. The molecule has 1 fully saturated rings. The summed E-state index contributed by atoms with van der Waals surface area (Å²) in [5, 5.41) is 12.0. The van der Waals surface area contributed by atoms with Crippen LogP contribution in [0.2, 0.25) is 5.15 Å². The summed E-state index contributed by atoms with van der Waals surface area (Å²) in [7, 11) is 0. The lowest BCUT2D eigenvalue weighted by Gasteiger charge is -2.23. The first-order valence-corrected chi connectivity index (χ1v) is 10.3. The van der Waals surface area contributed by atoms with Gasteiger partial charge in [0.05, 0.1) is 0 Å². The normalized spacial score (nSPS) is 18.0. The number of nitrogens with one attached hydrogen (secondary N) is 1. The van der Waals surface area contributed by atoms with Crippen LogP contribution in [-0.4, -0.2) is 51.4 Å². The highest BCUT2D eigenvalue weighted by Crippen LogP contribution is 2.29. The highest BCUT2D eigenvalue weighted by atomic mass is 35.5. The maximum absolute atomic E-state index is 13.0. The molecule has 1 aliphatic rings. The molecule has 1 saturated heterocycles. The van der Waals surface area contributed by atoms with E-state index in [9.17, 15) is 4.79 Å². The minimum absolute atomic E-state index is 0.111. The van der Waals surface area contributed by atoms with Crippen LogP contribution >= 0.6 is 11.6 Å². The minimum atomic E-state index is -0.206. The first-order chi connectivity index (χ1) is 13.2. The second-order valence-electron chi connectivity index (χ2n) is 8.72. The van der Waals surface area contributed by atoms with Gasteiger partial charge in [-0.15, -0.1) is 0 Å². The number of aryl methyl sites for hydroxylation is 2. The van der Waals surface area contributed by atoms with Crippen molar-refractivity contribution in [1.82, 2.24) is 25.2 Å². The van der Waals surface area contributed by atoms with Crippen molar-refractivity contribution in [1.29, 1.82) is 0 Å². The minimum Gasteiger partial charge on any atom is -0.361 e. The molecule has 0 saturated carbocycles. The molecule has 0 aromatic carbocycles. The third-order valence-corrected chi connectivity index (χ3v) is 5.46. The summed E-state index contributed by atoms with van der Waals surface area (Å²) in [4.78, 5) is 15.5. The molecule has 0 spiro atoms. The van der Waals surface area contributed by atoms with Crippen molar-refractivity contribution < 1.29 is 9.32 Å². The topological polar surface area (TPSA) is 76.2 Å². The van der Waals surface area contributed by atoms with Crippen LogP contribution in [0, 0.1) is 12.3 Å². The van der Waals surface area contributed by atoms with Crippen molar-refractivity contribution in [2.45, 2.75) is 60.0 Å². The van der Waals surface area contributed by atoms with Crippen molar-refractivity contribution in [2.24, 2.45) is 5.41 Å². The van der Waals surface area contributed by atoms with E-state index >= 15 is 0 Å². The molecular weight excluding hydrogens is 378 g/mol. The molecule has 3 heterocycles. The predicted octanol–water partition coefficient (Wildman–Crippen LogP) is 3.76. The number of amides is 1. The summed E-state index contributed by atoms with van der Waals surface area (Å²) >= 11 is 6.47. The van der Waals surface area contributed by atoms with Gasteiger partial charge in [-0.05, 0) is 38.6 Å². The van der Waals surface area contributed by atoms with E-state index in [1.807, 2.05) is 6.92 Å². The van der Waals surface area contributed by atoms with E-state index in [2.05, 4.69) is 41.2 Å². The van der Waals surface area contributed by atoms with E-state index in [1.54, 1.807) is 17.7 Å². The van der Waals surface area contributed by atoms with Gasteiger partial charge in [0.15, 0.2) is 0 Å². The van der Waals surface area contributed by atoms with Crippen LogP contribution < -0.4 is 5.32 Å². The van der Waals surface area contributed by atoms with E-state index in [1.165, 1.54) is 0 Å². The fraction of sp³-hybridized carbons (Fsp3) is 0.650. The third kappa shape index (κ3) is 4.75. The molecule has 2 aromatic heterocycles. The first-order valence-electron chi connectivity index (χ1n) is 9.91. The molecule has 1 unspecified atom stereocenters. The van der Waals surface area contributed by atoms with Gasteiger partial charge in [-0.1, -0.05) is 37.5 Å². The highest BCUT2D eigenvalue weighted by molar-refractivity contribution is 6.33. The molecule has 1 amide bonds. The van der Waals surface area contributed by atoms with Gasteiger partial charge in [0.25, 0.3) is 5.91 Å². The number of hydrogen-bond donors (Lipinski definition) is 1. The lowest BCUT2D eigenvalue weighted by atomic mass is 9.92. The Hall–Kier alpha value is -1.86. The third-order valence-electron chi connectivity index (χ3n) is 5.07. The highest BCUT2D eigenvalue weighted by Gasteiger charge is 2.30. The van der Waals surface area contributed by atoms with Crippen molar-refractivity contribution in [3.05, 3.63) is 22.5 Å². The molecule has 1 aliphatic heterocycles.